The molecule has 0 bridgehead atoms. The third-order valence-electron chi connectivity index (χ3n) is 3.35. The monoisotopic (exact) mass is 261 g/mol. The van der Waals surface area contributed by atoms with E-state index < -0.39 is 0 Å². The molecule has 4 heteroatoms. The molecule has 4 rings (SSSR count). The summed E-state index contributed by atoms with van der Waals surface area (Å²) in [6.07, 6.45) is 1.74. The number of hydrogen-bond acceptors (Lipinski definition) is 3. The van der Waals surface area contributed by atoms with Crippen LogP contribution in [-0.2, 0) is 0 Å². The Morgan fingerprint density at radius 1 is 0.950 bits per heavy atom. The Labute approximate surface area is 115 Å². The molecule has 0 atom stereocenters. The van der Waals surface area contributed by atoms with Gasteiger partial charge in [0.15, 0.2) is 0 Å². The van der Waals surface area contributed by atoms with Crippen molar-refractivity contribution in [2.45, 2.75) is 0 Å². The average molecular weight is 261 g/mol. The van der Waals surface area contributed by atoms with Gasteiger partial charge < -0.3 is 5.11 Å². The molecule has 2 aromatic heterocycles. The first-order chi connectivity index (χ1) is 9.83. The number of phenolic OH excluding ortho intramolecular Hbond substituents is 1. The highest BCUT2D eigenvalue weighted by atomic mass is 16.3. The van der Waals surface area contributed by atoms with Gasteiger partial charge in [-0.2, -0.15) is 0 Å². The number of para-hydroxylation sites is 2. The number of nitrogens with zero attached hydrogens (tertiary/aromatic N) is 3. The molecule has 0 radical (unpaired) electrons. The molecule has 0 aliphatic rings. The first kappa shape index (κ1) is 11.0. The van der Waals surface area contributed by atoms with Crippen molar-refractivity contribution in [1.82, 2.24) is 14.4 Å². The second-order valence-corrected chi connectivity index (χ2v) is 4.62. The molecule has 0 saturated heterocycles. The molecule has 1 N–H and O–H groups in total. The molecule has 0 aliphatic heterocycles. The summed E-state index contributed by atoms with van der Waals surface area (Å²) in [5, 5.41) is 9.67. The van der Waals surface area contributed by atoms with Crippen molar-refractivity contribution < 1.29 is 5.11 Å². The highest BCUT2D eigenvalue weighted by molar-refractivity contribution is 5.82. The zero-order chi connectivity index (χ0) is 13.5. The minimum absolute atomic E-state index is 0.247. The van der Waals surface area contributed by atoms with E-state index in [0.29, 0.717) is 5.78 Å². The molecule has 4 nitrogen and oxygen atoms in total. The van der Waals surface area contributed by atoms with Crippen molar-refractivity contribution >= 4 is 16.8 Å². The minimum atomic E-state index is 0.247. The normalized spacial score (nSPS) is 11.2. The fraction of sp³-hybridized carbons (Fsp3) is 0. The smallest absolute Gasteiger partial charge is 0.235 e. The molecule has 96 valence electrons. The minimum Gasteiger partial charge on any atom is -0.508 e. The van der Waals surface area contributed by atoms with E-state index >= 15 is 0 Å². The second kappa shape index (κ2) is 4.06. The molecule has 0 amide bonds. The molecule has 0 unspecified atom stereocenters. The Bertz CT molecular complexity index is 927. The first-order valence-corrected chi connectivity index (χ1v) is 6.34. The van der Waals surface area contributed by atoms with Crippen LogP contribution in [0.5, 0.6) is 5.75 Å². The Kier molecular flexibility index (Phi) is 2.23. The topological polar surface area (TPSA) is 50.4 Å². The molecule has 2 aromatic carbocycles. The van der Waals surface area contributed by atoms with Gasteiger partial charge in [-0.1, -0.05) is 24.3 Å². The number of rotatable bonds is 1. The fourth-order valence-corrected chi connectivity index (χ4v) is 2.48. The average Bonchev–Trinajstić information content (AvgIpc) is 2.85. The predicted molar refractivity (Wildman–Crippen MR) is 77.6 cm³/mol. The van der Waals surface area contributed by atoms with E-state index in [1.165, 1.54) is 0 Å². The largest absolute Gasteiger partial charge is 0.508 e. The zero-order valence-electron chi connectivity index (χ0n) is 10.6. The summed E-state index contributed by atoms with van der Waals surface area (Å²) in [5.41, 5.74) is 3.81. The van der Waals surface area contributed by atoms with Crippen LogP contribution in [0.2, 0.25) is 0 Å². The fourth-order valence-electron chi connectivity index (χ4n) is 2.48. The third kappa shape index (κ3) is 1.55. The Balaban J connectivity index is 2.14. The van der Waals surface area contributed by atoms with Gasteiger partial charge in [0.1, 0.15) is 5.75 Å². The Morgan fingerprint density at radius 3 is 2.75 bits per heavy atom. The van der Waals surface area contributed by atoms with Gasteiger partial charge >= 0.3 is 0 Å². The highest BCUT2D eigenvalue weighted by Gasteiger charge is 2.10. The number of aromatic nitrogens is 3. The maximum absolute atomic E-state index is 9.67. The summed E-state index contributed by atoms with van der Waals surface area (Å²) < 4.78 is 2.00. The Morgan fingerprint density at radius 2 is 1.85 bits per heavy atom. The second-order valence-electron chi connectivity index (χ2n) is 4.62. The molecule has 2 heterocycles. The predicted octanol–water partition coefficient (Wildman–Crippen LogP) is 3.26. The molecule has 0 fully saturated rings. The van der Waals surface area contributed by atoms with Crippen molar-refractivity contribution in [3.8, 4) is 17.0 Å². The lowest BCUT2D eigenvalue weighted by Crippen LogP contribution is -1.93. The van der Waals surface area contributed by atoms with Gasteiger partial charge in [-0.3, -0.25) is 4.40 Å². The highest BCUT2D eigenvalue weighted by Crippen LogP contribution is 2.26. The van der Waals surface area contributed by atoms with Crippen LogP contribution >= 0.6 is 0 Å². The number of benzene rings is 2. The number of aromatic hydroxyl groups is 1. The van der Waals surface area contributed by atoms with E-state index in [1.54, 1.807) is 18.3 Å². The van der Waals surface area contributed by atoms with E-state index in [-0.39, 0.29) is 5.75 Å². The van der Waals surface area contributed by atoms with Crippen LogP contribution in [0.4, 0.5) is 0 Å². The molecule has 20 heavy (non-hydrogen) atoms. The van der Waals surface area contributed by atoms with Crippen LogP contribution in [-0.4, -0.2) is 19.5 Å². The van der Waals surface area contributed by atoms with Gasteiger partial charge in [0.25, 0.3) is 0 Å². The van der Waals surface area contributed by atoms with Crippen molar-refractivity contribution in [3.05, 3.63) is 60.8 Å². The SMILES string of the molecule is Oc1cccc(-c2ccnc3nc4ccccc4n23)c1. The summed E-state index contributed by atoms with van der Waals surface area (Å²) in [7, 11) is 0. The van der Waals surface area contributed by atoms with Crippen molar-refractivity contribution in [1.29, 1.82) is 0 Å². The molecular formula is C16H11N3O. The number of fused-ring (bicyclic) bond motifs is 3. The van der Waals surface area contributed by atoms with Crippen LogP contribution in [0, 0.1) is 0 Å². The summed E-state index contributed by atoms with van der Waals surface area (Å²) in [5.74, 6) is 0.906. The van der Waals surface area contributed by atoms with E-state index in [9.17, 15) is 5.11 Å². The van der Waals surface area contributed by atoms with Gasteiger partial charge in [0.05, 0.1) is 16.7 Å². The van der Waals surface area contributed by atoms with E-state index in [0.717, 1.165) is 22.3 Å². The van der Waals surface area contributed by atoms with Crippen LogP contribution in [0.15, 0.2) is 60.8 Å². The lowest BCUT2D eigenvalue weighted by molar-refractivity contribution is 0.475. The van der Waals surface area contributed by atoms with Crippen molar-refractivity contribution in [2.24, 2.45) is 0 Å². The van der Waals surface area contributed by atoms with E-state index in [2.05, 4.69) is 9.97 Å². The van der Waals surface area contributed by atoms with Crippen molar-refractivity contribution in [2.75, 3.05) is 0 Å². The van der Waals surface area contributed by atoms with Crippen LogP contribution < -0.4 is 0 Å². The standard InChI is InChI=1S/C16H11N3O/c20-12-5-3-4-11(10-12)14-8-9-17-16-18-13-6-1-2-7-15(13)19(14)16/h1-10,20H. The lowest BCUT2D eigenvalue weighted by atomic mass is 10.1. The lowest BCUT2D eigenvalue weighted by Gasteiger charge is -2.06. The zero-order valence-corrected chi connectivity index (χ0v) is 10.6. The van der Waals surface area contributed by atoms with Crippen LogP contribution in [0.1, 0.15) is 0 Å². The summed E-state index contributed by atoms with van der Waals surface area (Å²) in [6.45, 7) is 0. The number of phenols is 1. The van der Waals surface area contributed by atoms with Gasteiger partial charge in [-0.05, 0) is 30.3 Å². The maximum atomic E-state index is 9.67. The van der Waals surface area contributed by atoms with Crippen molar-refractivity contribution in [3.63, 3.8) is 0 Å². The third-order valence-corrected chi connectivity index (χ3v) is 3.35. The molecule has 0 aliphatic carbocycles. The summed E-state index contributed by atoms with van der Waals surface area (Å²) in [4.78, 5) is 8.83. The molecule has 0 saturated carbocycles. The van der Waals surface area contributed by atoms with Gasteiger partial charge in [-0.25, -0.2) is 9.97 Å². The number of imidazole rings is 1. The van der Waals surface area contributed by atoms with E-state index in [4.69, 9.17) is 0 Å². The van der Waals surface area contributed by atoms with Gasteiger partial charge in [0, 0.05) is 11.8 Å². The number of hydrogen-bond donors (Lipinski definition) is 1. The molecule has 4 aromatic rings. The molecular weight excluding hydrogens is 250 g/mol. The maximum Gasteiger partial charge on any atom is 0.235 e. The van der Waals surface area contributed by atoms with Gasteiger partial charge in [0.2, 0.25) is 5.78 Å². The quantitative estimate of drug-likeness (QED) is 0.572. The van der Waals surface area contributed by atoms with Crippen LogP contribution in [0.25, 0.3) is 28.1 Å². The molecule has 0 spiro atoms. The summed E-state index contributed by atoms with van der Waals surface area (Å²) >= 11 is 0. The van der Waals surface area contributed by atoms with E-state index in [1.807, 2.05) is 46.9 Å². The first-order valence-electron chi connectivity index (χ1n) is 6.34. The van der Waals surface area contributed by atoms with Gasteiger partial charge in [-0.15, -0.1) is 0 Å². The Hall–Kier alpha value is -2.88. The summed E-state index contributed by atoms with van der Waals surface area (Å²) in [6, 6.07) is 17.0. The van der Waals surface area contributed by atoms with Crippen LogP contribution in [0.3, 0.4) is 0 Å².